The van der Waals surface area contributed by atoms with Gasteiger partial charge in [-0.25, -0.2) is 0 Å². The van der Waals surface area contributed by atoms with Crippen molar-refractivity contribution >= 4 is 33.5 Å². The van der Waals surface area contributed by atoms with E-state index in [0.717, 1.165) is 50.9 Å². The van der Waals surface area contributed by atoms with Gasteiger partial charge in [0.2, 0.25) is 0 Å². The average molecular weight is 743 g/mol. The third-order valence-electron chi connectivity index (χ3n) is 9.90. The van der Waals surface area contributed by atoms with Crippen LogP contribution in [0.2, 0.25) is 0 Å². The molecule has 0 aromatic heterocycles. The Labute approximate surface area is 282 Å². The maximum atomic E-state index is 4.57. The van der Waals surface area contributed by atoms with E-state index in [0.29, 0.717) is 0 Å². The van der Waals surface area contributed by atoms with E-state index < -0.39 is 0 Å². The number of hydrogen-bond acceptors (Lipinski definition) is 0. The zero-order valence-electron chi connectivity index (χ0n) is 31.6. The van der Waals surface area contributed by atoms with Crippen LogP contribution in [0.3, 0.4) is 0 Å². The fourth-order valence-corrected chi connectivity index (χ4v) is 17.4. The van der Waals surface area contributed by atoms with Gasteiger partial charge < -0.3 is 0 Å². The summed E-state index contributed by atoms with van der Waals surface area (Å²) in [6, 6.07) is 0. The Morgan fingerprint density at radius 3 is 0.415 bits per heavy atom. The van der Waals surface area contributed by atoms with E-state index in [1.165, 1.54) is 57.8 Å². The second-order valence-corrected chi connectivity index (χ2v) is 23.3. The van der Waals surface area contributed by atoms with Crippen LogP contribution in [0, 0.1) is 0 Å². The molecule has 5 heteroatoms. The molecule has 0 aliphatic rings. The molecule has 0 saturated heterocycles. The van der Waals surface area contributed by atoms with Gasteiger partial charge in [0.05, 0.1) is 0 Å². The summed E-state index contributed by atoms with van der Waals surface area (Å²) in [6.07, 6.45) is 12.3. The third kappa shape index (κ3) is 21.6. The topological polar surface area (TPSA) is 0 Å². The van der Waals surface area contributed by atoms with Gasteiger partial charge in [0.25, 0.3) is 0 Å². The van der Waals surface area contributed by atoms with Crippen molar-refractivity contribution in [3.05, 3.63) is 0 Å². The molecule has 0 aromatic carbocycles. The summed E-state index contributed by atoms with van der Waals surface area (Å²) in [5, 5.41) is 0. The van der Waals surface area contributed by atoms with E-state index >= 15 is 0 Å². The molecule has 255 valence electrons. The fourth-order valence-electron chi connectivity index (χ4n) is 5.81. The van der Waals surface area contributed by atoms with E-state index in [9.17, 15) is 0 Å². The Hall–Kier alpha value is 2.20. The van der Waals surface area contributed by atoms with Gasteiger partial charge in [0.1, 0.15) is 0 Å². The normalized spacial score (nSPS) is 19.9. The van der Waals surface area contributed by atoms with Crippen LogP contribution in [0.15, 0.2) is 0 Å². The van der Waals surface area contributed by atoms with Gasteiger partial charge in [0.15, 0.2) is 0 Å². The Bertz CT molecular complexity index is 380. The van der Waals surface area contributed by atoms with Crippen LogP contribution in [0.1, 0.15) is 182 Å². The molecule has 0 spiro atoms. The molecule has 0 heterocycles. The molecule has 0 aromatic rings. The summed E-state index contributed by atoms with van der Waals surface area (Å²) < 4.78 is 0. The van der Waals surface area contributed by atoms with Crippen molar-refractivity contribution in [1.82, 2.24) is 0 Å². The summed E-state index contributed by atoms with van der Waals surface area (Å²) >= 11 is 1.82. The van der Waals surface area contributed by atoms with Crippen LogP contribution in [-0.4, -0.2) is 50.9 Å². The fraction of sp³-hybridized carbons (Fsp3) is 1.00. The molecule has 0 saturated carbocycles. The summed E-state index contributed by atoms with van der Waals surface area (Å²) in [5.74, 6) is 0. The first-order valence-corrected chi connectivity index (χ1v) is 24.6. The summed E-state index contributed by atoms with van der Waals surface area (Å²) in [6.45, 7) is 43.1. The monoisotopic (exact) mass is 743 g/mol. The second kappa shape index (κ2) is 32.2. The average Bonchev–Trinajstić information content (AvgIpc) is 3.01. The molecule has 9 unspecified atom stereocenters. The molecule has 0 fully saturated rings. The Kier molecular flexibility index (Phi) is 39.3. The Balaban J connectivity index is -0.000000243. The third-order valence-corrected chi connectivity index (χ3v) is 22.3. The Morgan fingerprint density at radius 2 is 0.366 bits per heavy atom. The molecule has 0 amide bonds. The predicted octanol–water partition coefficient (Wildman–Crippen LogP) is 15.3. The van der Waals surface area contributed by atoms with Crippen molar-refractivity contribution in [2.45, 2.75) is 233 Å². The van der Waals surface area contributed by atoms with Gasteiger partial charge in [0, 0.05) is 0 Å². The van der Waals surface area contributed by atoms with E-state index in [1.807, 2.05) is 17.3 Å². The molecular formula is C36H81ClP3Ru. The van der Waals surface area contributed by atoms with Gasteiger partial charge in [-0.2, -0.15) is 0 Å². The van der Waals surface area contributed by atoms with Crippen LogP contribution in [-0.2, 0) is 17.3 Å². The molecule has 0 radical (unpaired) electrons. The van der Waals surface area contributed by atoms with E-state index in [-0.39, 0.29) is 23.8 Å². The Morgan fingerprint density at radius 1 is 0.293 bits per heavy atom. The summed E-state index contributed by atoms with van der Waals surface area (Å²) in [5.41, 5.74) is 8.62. The number of hydrogen-bond donors (Lipinski definition) is 0. The quantitative estimate of drug-likeness (QED) is 0.0969. The minimum absolute atomic E-state index is 0.255. The van der Waals surface area contributed by atoms with Crippen LogP contribution < -0.4 is 0 Å². The van der Waals surface area contributed by atoms with Crippen molar-refractivity contribution in [3.8, 4) is 0 Å². The second-order valence-electron chi connectivity index (χ2n) is 12.7. The van der Waals surface area contributed by atoms with Gasteiger partial charge >= 0.3 is 27.0 Å². The van der Waals surface area contributed by atoms with Crippen molar-refractivity contribution in [3.63, 3.8) is 0 Å². The molecule has 0 bridgehead atoms. The SMILES string of the molecule is CCC(C)P(C(C)CC)C(C)CC.CCC(C)P(C(C)CC)C(C)CC.CCC(C)P(C(C)CC)C(C)CC.[Cl][Ru]. The van der Waals surface area contributed by atoms with E-state index in [4.69, 9.17) is 0 Å². The number of rotatable bonds is 18. The molecule has 0 nitrogen and oxygen atoms in total. The molecule has 0 N–H and O–H groups in total. The molecule has 41 heavy (non-hydrogen) atoms. The van der Waals surface area contributed by atoms with Crippen molar-refractivity contribution < 1.29 is 17.3 Å². The molecule has 9 atom stereocenters. The van der Waals surface area contributed by atoms with Crippen molar-refractivity contribution in [2.75, 3.05) is 0 Å². The summed E-state index contributed by atoms with van der Waals surface area (Å²) in [4.78, 5) is 0. The van der Waals surface area contributed by atoms with Gasteiger partial charge in [-0.1, -0.05) is 148 Å². The van der Waals surface area contributed by atoms with Gasteiger partial charge in [-0.3, -0.25) is 0 Å². The van der Waals surface area contributed by atoms with E-state index in [1.54, 1.807) is 0 Å². The first kappa shape index (κ1) is 50.1. The van der Waals surface area contributed by atoms with Crippen molar-refractivity contribution in [2.24, 2.45) is 0 Å². The van der Waals surface area contributed by atoms with E-state index in [2.05, 4.69) is 134 Å². The first-order valence-electron chi connectivity index (χ1n) is 17.7. The predicted molar refractivity (Wildman–Crippen MR) is 204 cm³/mol. The van der Waals surface area contributed by atoms with Crippen LogP contribution in [0.25, 0.3) is 0 Å². The standard InChI is InChI=1S/3C12H27P.ClH.Ru/c3*1-7-10(4)13(11(5)8-2)12(6)9-3;;/h3*10-12H,7-9H2,1-6H3;1H;/q;;;;+1/p-1. The molecule has 0 rings (SSSR count). The van der Waals surface area contributed by atoms with Gasteiger partial charge in [-0.15, -0.1) is 0 Å². The summed E-state index contributed by atoms with van der Waals surface area (Å²) in [7, 11) is 5.34. The first-order chi connectivity index (χ1) is 19.2. The van der Waals surface area contributed by atoms with Crippen molar-refractivity contribution in [1.29, 1.82) is 0 Å². The molecule has 0 aliphatic heterocycles. The van der Waals surface area contributed by atoms with Crippen LogP contribution in [0.4, 0.5) is 0 Å². The number of halogens is 1. The molecule has 0 aliphatic carbocycles. The van der Waals surface area contributed by atoms with Crippen LogP contribution >= 0.6 is 33.5 Å². The van der Waals surface area contributed by atoms with Crippen LogP contribution in [0.5, 0.6) is 0 Å². The van der Waals surface area contributed by atoms with Gasteiger partial charge in [-0.05, 0) is 109 Å². The molecular weight excluding hydrogens is 662 g/mol. The zero-order valence-corrected chi connectivity index (χ0v) is 36.8. The maximum absolute atomic E-state index is 4.57. The minimum atomic E-state index is 0.255. The zero-order chi connectivity index (χ0) is 33.3.